The molecule has 1 fully saturated rings. The molecule has 0 heterocycles. The predicted octanol–water partition coefficient (Wildman–Crippen LogP) is 7.36. The molecular weight excluding hydrogens is 316 g/mol. The van der Waals surface area contributed by atoms with Crippen LogP contribution >= 0.6 is 0 Å². The van der Waals surface area contributed by atoms with Gasteiger partial charge in [-0.05, 0) is 73.1 Å². The summed E-state index contributed by atoms with van der Waals surface area (Å²) in [4.78, 5) is 0. The van der Waals surface area contributed by atoms with Crippen molar-refractivity contribution in [3.8, 4) is 5.75 Å². The van der Waals surface area contributed by atoms with E-state index in [4.69, 9.17) is 4.74 Å². The lowest BCUT2D eigenvalue weighted by molar-refractivity contribution is 0.241. The van der Waals surface area contributed by atoms with Gasteiger partial charge in [0.05, 0.1) is 6.61 Å². The van der Waals surface area contributed by atoms with Gasteiger partial charge in [-0.3, -0.25) is 0 Å². The van der Waals surface area contributed by atoms with E-state index in [9.17, 15) is 0 Å². The molecule has 0 N–H and O–H groups in total. The quantitative estimate of drug-likeness (QED) is 0.420. The van der Waals surface area contributed by atoms with Gasteiger partial charge in [-0.1, -0.05) is 71.3 Å². The SMILES string of the molecule is CCCCCOc1ccc2c(c1)CCC(CCC1CCC(CC)CC1)C2. The minimum atomic E-state index is 0.871. The van der Waals surface area contributed by atoms with Gasteiger partial charge in [-0.25, -0.2) is 0 Å². The molecule has 26 heavy (non-hydrogen) atoms. The Morgan fingerprint density at radius 1 is 0.846 bits per heavy atom. The number of rotatable bonds is 9. The van der Waals surface area contributed by atoms with Crippen LogP contribution in [0, 0.1) is 17.8 Å². The van der Waals surface area contributed by atoms with Crippen molar-refractivity contribution in [2.24, 2.45) is 17.8 Å². The number of unbranched alkanes of at least 4 members (excludes halogenated alkanes) is 2. The third kappa shape index (κ3) is 5.76. The maximum atomic E-state index is 5.95. The summed E-state index contributed by atoms with van der Waals surface area (Å²) < 4.78 is 5.95. The van der Waals surface area contributed by atoms with Gasteiger partial charge in [0.25, 0.3) is 0 Å². The first-order valence-electron chi connectivity index (χ1n) is 11.5. The summed E-state index contributed by atoms with van der Waals surface area (Å²) in [6, 6.07) is 6.88. The number of aryl methyl sites for hydroxylation is 1. The Balaban J connectivity index is 1.41. The van der Waals surface area contributed by atoms with Gasteiger partial charge >= 0.3 is 0 Å². The van der Waals surface area contributed by atoms with E-state index in [0.29, 0.717) is 0 Å². The Morgan fingerprint density at radius 2 is 1.62 bits per heavy atom. The van der Waals surface area contributed by atoms with Gasteiger partial charge in [0, 0.05) is 0 Å². The van der Waals surface area contributed by atoms with Gasteiger partial charge in [0.2, 0.25) is 0 Å². The highest BCUT2D eigenvalue weighted by atomic mass is 16.5. The molecule has 0 aromatic heterocycles. The highest BCUT2D eigenvalue weighted by molar-refractivity contribution is 5.37. The molecule has 1 atom stereocenters. The average Bonchev–Trinajstić information content (AvgIpc) is 2.70. The molecular formula is C25H40O. The maximum Gasteiger partial charge on any atom is 0.119 e. The molecule has 0 saturated heterocycles. The topological polar surface area (TPSA) is 9.23 Å². The second kappa shape index (κ2) is 10.4. The van der Waals surface area contributed by atoms with Gasteiger partial charge < -0.3 is 4.74 Å². The van der Waals surface area contributed by atoms with Crippen LogP contribution in [0.2, 0.25) is 0 Å². The fraction of sp³-hybridized carbons (Fsp3) is 0.760. The van der Waals surface area contributed by atoms with Gasteiger partial charge in [-0.15, -0.1) is 0 Å². The smallest absolute Gasteiger partial charge is 0.119 e. The van der Waals surface area contributed by atoms with E-state index in [1.165, 1.54) is 83.5 Å². The standard InChI is InChI=1S/C25H40O/c1-3-5-6-17-26-25-16-15-23-18-22(13-14-24(23)19-25)12-11-21-9-7-20(4-2)8-10-21/h15-16,19-22H,3-14,17-18H2,1-2H3. The first-order valence-corrected chi connectivity index (χ1v) is 11.5. The van der Waals surface area contributed by atoms with Crippen molar-refractivity contribution >= 4 is 0 Å². The summed E-state index contributed by atoms with van der Waals surface area (Å²) in [6.45, 7) is 5.48. The lowest BCUT2D eigenvalue weighted by Crippen LogP contribution is -2.18. The van der Waals surface area contributed by atoms with Crippen LogP contribution < -0.4 is 4.74 Å². The van der Waals surface area contributed by atoms with E-state index in [0.717, 1.165) is 30.1 Å². The number of ether oxygens (including phenoxy) is 1. The van der Waals surface area contributed by atoms with Crippen molar-refractivity contribution in [1.29, 1.82) is 0 Å². The van der Waals surface area contributed by atoms with Crippen LogP contribution in [0.5, 0.6) is 5.75 Å². The van der Waals surface area contributed by atoms with E-state index in [-0.39, 0.29) is 0 Å². The highest BCUT2D eigenvalue weighted by Crippen LogP contribution is 2.36. The van der Waals surface area contributed by atoms with E-state index in [1.54, 1.807) is 11.1 Å². The van der Waals surface area contributed by atoms with Crippen molar-refractivity contribution in [1.82, 2.24) is 0 Å². The summed E-state index contributed by atoms with van der Waals surface area (Å²) in [5.41, 5.74) is 3.15. The van der Waals surface area contributed by atoms with Crippen LogP contribution in [-0.2, 0) is 12.8 Å². The summed E-state index contributed by atoms with van der Waals surface area (Å²) >= 11 is 0. The molecule has 3 rings (SSSR count). The minimum Gasteiger partial charge on any atom is -0.494 e. The Morgan fingerprint density at radius 3 is 2.38 bits per heavy atom. The van der Waals surface area contributed by atoms with Gasteiger partial charge in [0.15, 0.2) is 0 Å². The van der Waals surface area contributed by atoms with E-state index < -0.39 is 0 Å². The van der Waals surface area contributed by atoms with Crippen molar-refractivity contribution in [3.63, 3.8) is 0 Å². The molecule has 1 heteroatoms. The monoisotopic (exact) mass is 356 g/mol. The molecule has 1 nitrogen and oxygen atoms in total. The molecule has 1 unspecified atom stereocenters. The van der Waals surface area contributed by atoms with Crippen LogP contribution in [-0.4, -0.2) is 6.61 Å². The minimum absolute atomic E-state index is 0.871. The largest absolute Gasteiger partial charge is 0.494 e. The Labute approximate surface area is 161 Å². The Bertz CT molecular complexity index is 527. The Hall–Kier alpha value is -0.980. The molecule has 0 spiro atoms. The van der Waals surface area contributed by atoms with Crippen LogP contribution in [0.15, 0.2) is 18.2 Å². The Kier molecular flexibility index (Phi) is 7.89. The lowest BCUT2D eigenvalue weighted by Gasteiger charge is -2.30. The highest BCUT2D eigenvalue weighted by Gasteiger charge is 2.23. The zero-order chi connectivity index (χ0) is 18.2. The number of benzene rings is 1. The van der Waals surface area contributed by atoms with E-state index in [2.05, 4.69) is 32.0 Å². The molecule has 0 bridgehead atoms. The number of hydrogen-bond donors (Lipinski definition) is 0. The zero-order valence-corrected chi connectivity index (χ0v) is 17.3. The molecule has 0 radical (unpaired) electrons. The van der Waals surface area contributed by atoms with Crippen LogP contribution in [0.25, 0.3) is 0 Å². The molecule has 1 aromatic rings. The normalized spacial score (nSPS) is 25.7. The number of hydrogen-bond acceptors (Lipinski definition) is 1. The molecule has 2 aliphatic carbocycles. The molecule has 2 aliphatic rings. The van der Waals surface area contributed by atoms with Crippen molar-refractivity contribution < 1.29 is 4.74 Å². The number of fused-ring (bicyclic) bond motifs is 1. The first kappa shape index (κ1) is 19.8. The van der Waals surface area contributed by atoms with Crippen molar-refractivity contribution in [3.05, 3.63) is 29.3 Å². The van der Waals surface area contributed by atoms with E-state index >= 15 is 0 Å². The maximum absolute atomic E-state index is 5.95. The molecule has 1 saturated carbocycles. The average molecular weight is 357 g/mol. The van der Waals surface area contributed by atoms with Crippen LogP contribution in [0.4, 0.5) is 0 Å². The molecule has 1 aromatic carbocycles. The van der Waals surface area contributed by atoms with Crippen molar-refractivity contribution in [2.75, 3.05) is 6.61 Å². The van der Waals surface area contributed by atoms with Gasteiger partial charge in [-0.2, -0.15) is 0 Å². The molecule has 146 valence electrons. The van der Waals surface area contributed by atoms with Crippen LogP contribution in [0.1, 0.15) is 95.6 Å². The summed E-state index contributed by atoms with van der Waals surface area (Å²) in [5.74, 6) is 4.07. The third-order valence-electron chi connectivity index (χ3n) is 7.05. The van der Waals surface area contributed by atoms with Crippen LogP contribution in [0.3, 0.4) is 0 Å². The lowest BCUT2D eigenvalue weighted by atomic mass is 9.76. The second-order valence-electron chi connectivity index (χ2n) is 8.97. The summed E-state index contributed by atoms with van der Waals surface area (Å²) in [5, 5.41) is 0. The van der Waals surface area contributed by atoms with Crippen molar-refractivity contribution in [2.45, 2.75) is 97.3 Å². The third-order valence-corrected chi connectivity index (χ3v) is 7.05. The van der Waals surface area contributed by atoms with E-state index in [1.807, 2.05) is 0 Å². The summed E-state index contributed by atoms with van der Waals surface area (Å²) in [6.07, 6.45) is 18.0. The second-order valence-corrected chi connectivity index (χ2v) is 8.97. The first-order chi connectivity index (χ1) is 12.8. The molecule has 0 amide bonds. The van der Waals surface area contributed by atoms with Gasteiger partial charge in [0.1, 0.15) is 5.75 Å². The molecule has 0 aliphatic heterocycles. The fourth-order valence-electron chi connectivity index (χ4n) is 5.08. The fourth-order valence-corrected chi connectivity index (χ4v) is 5.08. The summed E-state index contributed by atoms with van der Waals surface area (Å²) in [7, 11) is 0. The zero-order valence-electron chi connectivity index (χ0n) is 17.3. The predicted molar refractivity (Wildman–Crippen MR) is 112 cm³/mol.